The molecule has 2 aromatic rings. The Labute approximate surface area is 178 Å². The zero-order valence-corrected chi connectivity index (χ0v) is 17.5. The lowest BCUT2D eigenvalue weighted by atomic mass is 10.1. The molecule has 1 unspecified atom stereocenters. The fraction of sp³-hybridized carbons (Fsp3) is 0.429. The first-order chi connectivity index (χ1) is 14.6. The van der Waals surface area contributed by atoms with Crippen molar-refractivity contribution in [2.75, 3.05) is 19.8 Å². The Morgan fingerprint density at radius 1 is 1.42 bits per heavy atom. The second kappa shape index (κ2) is 8.93. The van der Waals surface area contributed by atoms with Crippen LogP contribution in [0, 0.1) is 6.92 Å². The summed E-state index contributed by atoms with van der Waals surface area (Å²) in [6.07, 6.45) is 2.77. The zero-order valence-electron chi connectivity index (χ0n) is 17.5. The highest BCUT2D eigenvalue weighted by molar-refractivity contribution is 6.03. The SMILES string of the molecule is Cc1cc(C(C)N2Cc3c(ccnc3C(=O)NCCO)C2=O)ncc1OCC(C)(F)F. The van der Waals surface area contributed by atoms with E-state index in [1.54, 1.807) is 30.9 Å². The lowest BCUT2D eigenvalue weighted by Crippen LogP contribution is -2.29. The van der Waals surface area contributed by atoms with Crippen LogP contribution in [-0.4, -0.2) is 57.5 Å². The number of amides is 2. The van der Waals surface area contributed by atoms with Crippen molar-refractivity contribution in [1.82, 2.24) is 20.2 Å². The van der Waals surface area contributed by atoms with E-state index in [1.807, 2.05) is 0 Å². The number of hydrogen-bond acceptors (Lipinski definition) is 6. The van der Waals surface area contributed by atoms with Gasteiger partial charge in [0, 0.05) is 37.3 Å². The average molecular weight is 434 g/mol. The number of aromatic nitrogens is 2. The second-order valence-electron chi connectivity index (χ2n) is 7.51. The molecule has 3 heterocycles. The van der Waals surface area contributed by atoms with Gasteiger partial charge in [-0.25, -0.2) is 8.78 Å². The topological polar surface area (TPSA) is 105 Å². The molecular formula is C21H24F2N4O4. The van der Waals surface area contributed by atoms with Gasteiger partial charge in [0.15, 0.2) is 6.61 Å². The number of fused-ring (bicyclic) bond motifs is 1. The van der Waals surface area contributed by atoms with E-state index in [1.165, 1.54) is 12.4 Å². The van der Waals surface area contributed by atoms with Crippen LogP contribution in [-0.2, 0) is 6.54 Å². The van der Waals surface area contributed by atoms with Gasteiger partial charge in [0.1, 0.15) is 11.4 Å². The number of nitrogens with zero attached hydrogens (tertiary/aromatic N) is 3. The number of nitrogens with one attached hydrogen (secondary N) is 1. The first kappa shape index (κ1) is 22.5. The maximum Gasteiger partial charge on any atom is 0.278 e. The number of pyridine rings is 2. The molecule has 2 aromatic heterocycles. The maximum absolute atomic E-state index is 13.0. The zero-order chi connectivity index (χ0) is 22.8. The molecule has 8 nitrogen and oxygen atoms in total. The van der Waals surface area contributed by atoms with Crippen molar-refractivity contribution in [2.45, 2.75) is 39.3 Å². The molecule has 166 valence electrons. The van der Waals surface area contributed by atoms with Crippen molar-refractivity contribution in [2.24, 2.45) is 0 Å². The minimum Gasteiger partial charge on any atom is -0.485 e. The third-order valence-electron chi connectivity index (χ3n) is 4.95. The van der Waals surface area contributed by atoms with E-state index in [0.29, 0.717) is 22.4 Å². The molecule has 0 saturated carbocycles. The minimum absolute atomic E-state index is 0.0832. The Kier molecular flexibility index (Phi) is 6.49. The quantitative estimate of drug-likeness (QED) is 0.661. The van der Waals surface area contributed by atoms with Gasteiger partial charge >= 0.3 is 0 Å². The van der Waals surface area contributed by atoms with Crippen molar-refractivity contribution >= 4 is 11.8 Å². The summed E-state index contributed by atoms with van der Waals surface area (Å²) in [5.41, 5.74) is 2.22. The molecule has 0 bridgehead atoms. The summed E-state index contributed by atoms with van der Waals surface area (Å²) in [4.78, 5) is 35.3. The Hall–Kier alpha value is -3.14. The lowest BCUT2D eigenvalue weighted by Gasteiger charge is -2.24. The maximum atomic E-state index is 13.0. The van der Waals surface area contributed by atoms with Crippen molar-refractivity contribution in [1.29, 1.82) is 0 Å². The molecule has 1 aliphatic heterocycles. The van der Waals surface area contributed by atoms with Crippen molar-refractivity contribution in [3.05, 3.63) is 52.6 Å². The van der Waals surface area contributed by atoms with E-state index in [9.17, 15) is 18.4 Å². The van der Waals surface area contributed by atoms with Crippen LogP contribution in [0.4, 0.5) is 8.78 Å². The van der Waals surface area contributed by atoms with Gasteiger partial charge in [0.25, 0.3) is 17.7 Å². The van der Waals surface area contributed by atoms with Crippen molar-refractivity contribution in [3.8, 4) is 5.75 Å². The number of hydrogen-bond donors (Lipinski definition) is 2. The largest absolute Gasteiger partial charge is 0.485 e. The van der Waals surface area contributed by atoms with E-state index in [2.05, 4.69) is 15.3 Å². The predicted molar refractivity (Wildman–Crippen MR) is 107 cm³/mol. The number of carbonyl (C=O) groups excluding carboxylic acids is 2. The molecule has 3 rings (SSSR count). The van der Waals surface area contributed by atoms with Crippen LogP contribution in [0.5, 0.6) is 5.75 Å². The molecule has 1 aliphatic rings. The van der Waals surface area contributed by atoms with Crippen LogP contribution in [0.1, 0.15) is 57.6 Å². The van der Waals surface area contributed by atoms with Crippen LogP contribution in [0.3, 0.4) is 0 Å². The van der Waals surface area contributed by atoms with Crippen LogP contribution >= 0.6 is 0 Å². The number of ether oxygens (including phenoxy) is 1. The minimum atomic E-state index is -2.96. The van der Waals surface area contributed by atoms with Gasteiger partial charge in [-0.05, 0) is 31.5 Å². The summed E-state index contributed by atoms with van der Waals surface area (Å²) in [7, 11) is 0. The predicted octanol–water partition coefficient (Wildman–Crippen LogP) is 2.26. The number of aliphatic hydroxyl groups excluding tert-OH is 1. The summed E-state index contributed by atoms with van der Waals surface area (Å²) >= 11 is 0. The van der Waals surface area contributed by atoms with E-state index in [4.69, 9.17) is 9.84 Å². The van der Waals surface area contributed by atoms with Crippen molar-refractivity contribution < 1.29 is 28.2 Å². The number of carbonyl (C=O) groups is 2. The van der Waals surface area contributed by atoms with E-state index < -0.39 is 24.5 Å². The normalized spacial score (nSPS) is 14.4. The average Bonchev–Trinajstić information content (AvgIpc) is 3.06. The summed E-state index contributed by atoms with van der Waals surface area (Å²) in [5, 5.41) is 11.4. The molecule has 0 spiro atoms. The van der Waals surface area contributed by atoms with Gasteiger partial charge in [-0.3, -0.25) is 19.6 Å². The number of aliphatic hydroxyl groups is 1. The lowest BCUT2D eigenvalue weighted by molar-refractivity contribution is -0.0232. The highest BCUT2D eigenvalue weighted by atomic mass is 19.3. The first-order valence-electron chi connectivity index (χ1n) is 9.77. The summed E-state index contributed by atoms with van der Waals surface area (Å²) in [6.45, 7) is 3.59. The number of halogens is 2. The van der Waals surface area contributed by atoms with Gasteiger partial charge in [-0.15, -0.1) is 0 Å². The van der Waals surface area contributed by atoms with Crippen LogP contribution in [0.2, 0.25) is 0 Å². The third kappa shape index (κ3) is 4.96. The van der Waals surface area contributed by atoms with Crippen LogP contribution in [0.25, 0.3) is 0 Å². The fourth-order valence-corrected chi connectivity index (χ4v) is 3.32. The summed E-state index contributed by atoms with van der Waals surface area (Å²) in [5.74, 6) is -3.43. The van der Waals surface area contributed by atoms with Gasteiger partial charge in [0.2, 0.25) is 0 Å². The molecule has 2 N–H and O–H groups in total. The Bertz CT molecular complexity index is 994. The van der Waals surface area contributed by atoms with Gasteiger partial charge in [-0.1, -0.05) is 0 Å². The molecule has 0 aromatic carbocycles. The highest BCUT2D eigenvalue weighted by Gasteiger charge is 2.35. The molecule has 0 saturated heterocycles. The Balaban J connectivity index is 1.80. The summed E-state index contributed by atoms with van der Waals surface area (Å²) in [6, 6.07) is 2.82. The van der Waals surface area contributed by atoms with E-state index in [-0.39, 0.29) is 37.0 Å². The molecule has 31 heavy (non-hydrogen) atoms. The Morgan fingerprint density at radius 2 is 2.16 bits per heavy atom. The Morgan fingerprint density at radius 3 is 2.81 bits per heavy atom. The fourth-order valence-electron chi connectivity index (χ4n) is 3.32. The van der Waals surface area contributed by atoms with Gasteiger partial charge < -0.3 is 20.1 Å². The van der Waals surface area contributed by atoms with Crippen LogP contribution in [0.15, 0.2) is 24.5 Å². The number of aryl methyl sites for hydroxylation is 1. The summed E-state index contributed by atoms with van der Waals surface area (Å²) < 4.78 is 31.2. The molecule has 0 fully saturated rings. The molecule has 10 heteroatoms. The molecular weight excluding hydrogens is 410 g/mol. The molecule has 0 aliphatic carbocycles. The third-order valence-corrected chi connectivity index (χ3v) is 4.95. The van der Waals surface area contributed by atoms with E-state index >= 15 is 0 Å². The smallest absolute Gasteiger partial charge is 0.278 e. The monoisotopic (exact) mass is 434 g/mol. The molecule has 0 radical (unpaired) electrons. The van der Waals surface area contributed by atoms with E-state index in [0.717, 1.165) is 6.92 Å². The van der Waals surface area contributed by atoms with Gasteiger partial charge in [-0.2, -0.15) is 0 Å². The standard InChI is InChI=1S/C21H24F2N4O4/c1-12-8-16(26-9-17(12)31-11-21(3,22)23)13(2)27-10-15-14(20(27)30)4-5-24-18(15)19(29)25-6-7-28/h4-5,8-9,13,28H,6-7,10-11H2,1-3H3,(H,25,29). The van der Waals surface area contributed by atoms with Crippen LogP contribution < -0.4 is 10.1 Å². The molecule has 1 atom stereocenters. The van der Waals surface area contributed by atoms with Crippen molar-refractivity contribution in [3.63, 3.8) is 0 Å². The number of rotatable bonds is 8. The highest BCUT2D eigenvalue weighted by Crippen LogP contribution is 2.33. The number of alkyl halides is 2. The van der Waals surface area contributed by atoms with Gasteiger partial charge in [0.05, 0.1) is 24.5 Å². The first-order valence-corrected chi connectivity index (χ1v) is 9.77. The molecule has 2 amide bonds. The second-order valence-corrected chi connectivity index (χ2v) is 7.51.